The summed E-state index contributed by atoms with van der Waals surface area (Å²) in [6, 6.07) is 11.2. The summed E-state index contributed by atoms with van der Waals surface area (Å²) in [6.45, 7) is 0.0961. The van der Waals surface area contributed by atoms with Gasteiger partial charge in [-0.25, -0.2) is 0 Å². The molecule has 2 aromatic rings. The highest BCUT2D eigenvalue weighted by Crippen LogP contribution is 2.29. The maximum absolute atomic E-state index is 11.0. The fourth-order valence-electron chi connectivity index (χ4n) is 1.65. The van der Waals surface area contributed by atoms with Gasteiger partial charge in [0.2, 0.25) is 0 Å². The lowest BCUT2D eigenvalue weighted by Gasteiger charge is -2.08. The first-order valence-corrected chi connectivity index (χ1v) is 6.93. The van der Waals surface area contributed by atoms with Crippen molar-refractivity contribution in [1.29, 1.82) is 5.26 Å². The van der Waals surface area contributed by atoms with Crippen LogP contribution in [0.15, 0.2) is 40.9 Å². The van der Waals surface area contributed by atoms with E-state index in [1.807, 2.05) is 6.07 Å². The Labute approximate surface area is 134 Å². The third kappa shape index (κ3) is 3.72. The van der Waals surface area contributed by atoms with Gasteiger partial charge in [0.05, 0.1) is 16.6 Å². The van der Waals surface area contributed by atoms with Crippen molar-refractivity contribution in [3.05, 3.63) is 67.1 Å². The van der Waals surface area contributed by atoms with Crippen molar-refractivity contribution in [3.8, 4) is 11.8 Å². The lowest BCUT2D eigenvalue weighted by atomic mass is 10.2. The van der Waals surface area contributed by atoms with Crippen molar-refractivity contribution >= 4 is 33.2 Å². The number of ether oxygens (including phenoxy) is 1. The average molecular weight is 368 g/mol. The highest BCUT2D eigenvalue weighted by Gasteiger charge is 2.16. The third-order valence-electron chi connectivity index (χ3n) is 2.68. The van der Waals surface area contributed by atoms with Crippen LogP contribution in [0.1, 0.15) is 11.1 Å². The van der Waals surface area contributed by atoms with E-state index >= 15 is 0 Å². The number of nitriles is 1. The Balaban J connectivity index is 2.24. The second-order valence-corrected chi connectivity index (χ2v) is 5.40. The Morgan fingerprint density at radius 2 is 2.10 bits per heavy atom. The Bertz CT molecular complexity index is 743. The summed E-state index contributed by atoms with van der Waals surface area (Å²) in [6.07, 6.45) is 0. The highest BCUT2D eigenvalue weighted by molar-refractivity contribution is 9.10. The van der Waals surface area contributed by atoms with Crippen molar-refractivity contribution in [2.45, 2.75) is 6.61 Å². The molecule has 2 aromatic carbocycles. The van der Waals surface area contributed by atoms with Gasteiger partial charge in [0, 0.05) is 21.1 Å². The molecule has 0 N–H and O–H groups in total. The minimum Gasteiger partial charge on any atom is -0.482 e. The van der Waals surface area contributed by atoms with Crippen LogP contribution >= 0.6 is 27.5 Å². The molecule has 5 nitrogen and oxygen atoms in total. The normalized spacial score (nSPS) is 9.95. The third-order valence-corrected chi connectivity index (χ3v) is 3.53. The van der Waals surface area contributed by atoms with Crippen molar-refractivity contribution < 1.29 is 9.66 Å². The lowest BCUT2D eigenvalue weighted by Crippen LogP contribution is -2.00. The van der Waals surface area contributed by atoms with Crippen LogP contribution in [0.4, 0.5) is 5.69 Å². The molecule has 0 bridgehead atoms. The Morgan fingerprint density at radius 3 is 2.71 bits per heavy atom. The largest absolute Gasteiger partial charge is 0.482 e. The van der Waals surface area contributed by atoms with E-state index in [0.717, 1.165) is 4.47 Å². The first kappa shape index (κ1) is 15.3. The van der Waals surface area contributed by atoms with Crippen LogP contribution in [0.2, 0.25) is 5.02 Å². The fourth-order valence-corrected chi connectivity index (χ4v) is 2.37. The molecule has 0 aliphatic carbocycles. The van der Waals surface area contributed by atoms with Crippen LogP contribution in [0.3, 0.4) is 0 Å². The summed E-state index contributed by atoms with van der Waals surface area (Å²) in [7, 11) is 0. The van der Waals surface area contributed by atoms with E-state index in [1.165, 1.54) is 18.2 Å². The van der Waals surface area contributed by atoms with Gasteiger partial charge in [-0.2, -0.15) is 5.26 Å². The fraction of sp³-hybridized carbons (Fsp3) is 0.0714. The van der Waals surface area contributed by atoms with Crippen LogP contribution in [0.5, 0.6) is 5.75 Å². The second kappa shape index (κ2) is 6.57. The molecule has 0 saturated carbocycles. The molecule has 0 radical (unpaired) electrons. The predicted octanol–water partition coefficient (Wildman–Crippen LogP) is 4.46. The predicted molar refractivity (Wildman–Crippen MR) is 81.3 cm³/mol. The molecule has 7 heteroatoms. The van der Waals surface area contributed by atoms with E-state index < -0.39 is 4.92 Å². The quantitative estimate of drug-likeness (QED) is 0.590. The van der Waals surface area contributed by atoms with Gasteiger partial charge in [-0.15, -0.1) is 0 Å². The molecule has 0 amide bonds. The van der Waals surface area contributed by atoms with E-state index in [0.29, 0.717) is 10.6 Å². The van der Waals surface area contributed by atoms with E-state index in [4.69, 9.17) is 21.6 Å². The maximum Gasteiger partial charge on any atom is 0.312 e. The van der Waals surface area contributed by atoms with Crippen LogP contribution in [0, 0.1) is 21.4 Å². The molecule has 0 spiro atoms. The maximum atomic E-state index is 11.0. The second-order valence-electron chi connectivity index (χ2n) is 4.08. The number of hydrogen-bond acceptors (Lipinski definition) is 4. The van der Waals surface area contributed by atoms with Gasteiger partial charge in [-0.05, 0) is 24.3 Å². The number of hydrogen-bond donors (Lipinski definition) is 0. The molecule has 106 valence electrons. The topological polar surface area (TPSA) is 76.2 Å². The number of halogens is 2. The van der Waals surface area contributed by atoms with Crippen LogP contribution < -0.4 is 4.74 Å². The van der Waals surface area contributed by atoms with Gasteiger partial charge in [0.1, 0.15) is 6.61 Å². The zero-order chi connectivity index (χ0) is 15.4. The van der Waals surface area contributed by atoms with E-state index in [9.17, 15) is 10.1 Å². The van der Waals surface area contributed by atoms with Crippen LogP contribution in [0.25, 0.3) is 0 Å². The first-order chi connectivity index (χ1) is 10.0. The average Bonchev–Trinajstić information content (AvgIpc) is 2.46. The molecule has 0 aromatic heterocycles. The summed E-state index contributed by atoms with van der Waals surface area (Å²) in [5.41, 5.74) is 0.663. The van der Waals surface area contributed by atoms with Crippen molar-refractivity contribution in [2.24, 2.45) is 0 Å². The number of nitro benzene ring substituents is 1. The van der Waals surface area contributed by atoms with Gasteiger partial charge < -0.3 is 4.74 Å². The summed E-state index contributed by atoms with van der Waals surface area (Å²) < 4.78 is 6.29. The molecule has 21 heavy (non-hydrogen) atoms. The number of benzene rings is 2. The summed E-state index contributed by atoms with van der Waals surface area (Å²) in [4.78, 5) is 10.4. The standard InChI is InChI=1S/C14H8BrClN2O3/c15-11-3-2-10(12(16)6-11)8-21-14-4-1-9(7-17)5-13(14)18(19)20/h1-6H,8H2. The minimum absolute atomic E-state index is 0.0954. The van der Waals surface area contributed by atoms with Gasteiger partial charge in [-0.1, -0.05) is 33.6 Å². The van der Waals surface area contributed by atoms with Crippen molar-refractivity contribution in [3.63, 3.8) is 0 Å². The van der Waals surface area contributed by atoms with E-state index in [1.54, 1.807) is 18.2 Å². The number of nitrogens with zero attached hydrogens (tertiary/aromatic N) is 2. The molecular formula is C14H8BrClN2O3. The summed E-state index contributed by atoms with van der Waals surface area (Å²) in [5.74, 6) is 0.0954. The Kier molecular flexibility index (Phi) is 4.78. The number of rotatable bonds is 4. The van der Waals surface area contributed by atoms with Crippen molar-refractivity contribution in [2.75, 3.05) is 0 Å². The van der Waals surface area contributed by atoms with Gasteiger partial charge in [0.15, 0.2) is 5.75 Å². The summed E-state index contributed by atoms with van der Waals surface area (Å²) in [5, 5.41) is 20.3. The molecule has 0 aliphatic heterocycles. The molecule has 0 heterocycles. The molecule has 0 aliphatic rings. The van der Waals surface area contributed by atoms with Gasteiger partial charge in [0.25, 0.3) is 0 Å². The highest BCUT2D eigenvalue weighted by atomic mass is 79.9. The number of nitro groups is 1. The Morgan fingerprint density at radius 1 is 1.33 bits per heavy atom. The van der Waals surface area contributed by atoms with E-state index in [2.05, 4.69) is 15.9 Å². The van der Waals surface area contributed by atoms with Crippen LogP contribution in [-0.2, 0) is 6.61 Å². The monoisotopic (exact) mass is 366 g/mol. The first-order valence-electron chi connectivity index (χ1n) is 5.76. The SMILES string of the molecule is N#Cc1ccc(OCc2ccc(Br)cc2Cl)c([N+](=O)[O-])c1. The molecule has 0 unspecified atom stereocenters. The Hall–Kier alpha value is -2.10. The molecule has 0 saturated heterocycles. The zero-order valence-corrected chi connectivity index (χ0v) is 12.9. The lowest BCUT2D eigenvalue weighted by molar-refractivity contribution is -0.386. The zero-order valence-electron chi connectivity index (χ0n) is 10.5. The minimum atomic E-state index is -0.584. The van der Waals surface area contributed by atoms with E-state index in [-0.39, 0.29) is 23.6 Å². The molecule has 2 rings (SSSR count). The van der Waals surface area contributed by atoms with Crippen LogP contribution in [-0.4, -0.2) is 4.92 Å². The molecule has 0 atom stereocenters. The molecular weight excluding hydrogens is 360 g/mol. The van der Waals surface area contributed by atoms with Gasteiger partial charge in [-0.3, -0.25) is 10.1 Å². The summed E-state index contributed by atoms with van der Waals surface area (Å²) >= 11 is 9.35. The van der Waals surface area contributed by atoms with Gasteiger partial charge >= 0.3 is 5.69 Å². The van der Waals surface area contributed by atoms with Crippen molar-refractivity contribution in [1.82, 2.24) is 0 Å². The smallest absolute Gasteiger partial charge is 0.312 e. The molecule has 0 fully saturated rings.